The number of para-hydroxylation sites is 1. The molecule has 1 aromatic heterocycles. The molecule has 2 aromatic carbocycles. The van der Waals surface area contributed by atoms with Gasteiger partial charge in [-0.15, -0.1) is 11.3 Å². The van der Waals surface area contributed by atoms with Gasteiger partial charge in [-0.3, -0.25) is 9.59 Å². The number of carbonyl (C=O) groups excluding carboxylic acids is 2. The molecule has 1 aliphatic heterocycles. The van der Waals surface area contributed by atoms with Gasteiger partial charge in [0.1, 0.15) is 5.75 Å². The van der Waals surface area contributed by atoms with Gasteiger partial charge in [-0.05, 0) is 43.2 Å². The summed E-state index contributed by atoms with van der Waals surface area (Å²) in [6, 6.07) is 14.7. The Morgan fingerprint density at radius 3 is 2.77 bits per heavy atom. The van der Waals surface area contributed by atoms with E-state index in [2.05, 4.69) is 10.7 Å². The highest BCUT2D eigenvalue weighted by Gasteiger charge is 2.28. The fraction of sp³-hybridized carbons (Fsp3) is 0.292. The summed E-state index contributed by atoms with van der Waals surface area (Å²) in [5.74, 6) is 0.763. The number of benzene rings is 2. The first-order chi connectivity index (χ1) is 15.1. The maximum absolute atomic E-state index is 13.1. The average molecular weight is 436 g/mol. The van der Waals surface area contributed by atoms with Crippen molar-refractivity contribution in [3.63, 3.8) is 0 Å². The number of likely N-dealkylation sites (tertiary alicyclic amines) is 1. The lowest BCUT2D eigenvalue weighted by Crippen LogP contribution is -2.39. The van der Waals surface area contributed by atoms with E-state index >= 15 is 0 Å². The molecule has 31 heavy (non-hydrogen) atoms. The Hall–Kier alpha value is -3.19. The van der Waals surface area contributed by atoms with Crippen molar-refractivity contribution in [2.75, 3.05) is 27.2 Å². The SMILES string of the molecule is CNC(=O)c1cccc(C(=O)N2CCCC(c3nc(-c4ccccc4OC)cs3)C2)c1. The molecular formula is C24H25N3O3S. The first-order valence-corrected chi connectivity index (χ1v) is 11.2. The highest BCUT2D eigenvalue weighted by atomic mass is 32.1. The number of amides is 2. The molecule has 1 atom stereocenters. The van der Waals surface area contributed by atoms with Gasteiger partial charge in [0.2, 0.25) is 0 Å². The average Bonchev–Trinajstić information content (AvgIpc) is 3.33. The second-order valence-electron chi connectivity index (χ2n) is 7.52. The molecule has 0 saturated carbocycles. The van der Waals surface area contributed by atoms with Crippen molar-refractivity contribution in [2.45, 2.75) is 18.8 Å². The Bertz CT molecular complexity index is 1090. The second-order valence-corrected chi connectivity index (χ2v) is 8.41. The topological polar surface area (TPSA) is 71.5 Å². The Morgan fingerprint density at radius 1 is 1.16 bits per heavy atom. The van der Waals surface area contributed by atoms with Crippen LogP contribution in [0.15, 0.2) is 53.9 Å². The fourth-order valence-corrected chi connectivity index (χ4v) is 4.89. The number of hydrogen-bond donors (Lipinski definition) is 1. The van der Waals surface area contributed by atoms with Crippen LogP contribution in [0.5, 0.6) is 5.75 Å². The summed E-state index contributed by atoms with van der Waals surface area (Å²) in [6.45, 7) is 1.34. The van der Waals surface area contributed by atoms with Gasteiger partial charge in [-0.25, -0.2) is 4.98 Å². The molecule has 3 aromatic rings. The molecule has 1 aliphatic rings. The molecule has 0 aliphatic carbocycles. The number of nitrogens with one attached hydrogen (secondary N) is 1. The third kappa shape index (κ3) is 4.46. The quantitative estimate of drug-likeness (QED) is 0.652. The van der Waals surface area contributed by atoms with Gasteiger partial charge in [0.25, 0.3) is 11.8 Å². The molecule has 1 fully saturated rings. The summed E-state index contributed by atoms with van der Waals surface area (Å²) in [5.41, 5.74) is 2.90. The maximum Gasteiger partial charge on any atom is 0.253 e. The normalized spacial score (nSPS) is 16.1. The lowest BCUT2D eigenvalue weighted by molar-refractivity contribution is 0.0707. The molecule has 160 valence electrons. The van der Waals surface area contributed by atoms with Crippen LogP contribution < -0.4 is 10.1 Å². The summed E-state index contributed by atoms with van der Waals surface area (Å²) in [6.07, 6.45) is 1.93. The van der Waals surface area contributed by atoms with Gasteiger partial charge in [0.05, 0.1) is 17.8 Å². The number of hydrogen-bond acceptors (Lipinski definition) is 5. The van der Waals surface area contributed by atoms with Crippen LogP contribution in [0, 0.1) is 0 Å². The Kier molecular flexibility index (Phi) is 6.32. The van der Waals surface area contributed by atoms with Crippen LogP contribution in [0.4, 0.5) is 0 Å². The minimum Gasteiger partial charge on any atom is -0.496 e. The van der Waals surface area contributed by atoms with Crippen LogP contribution >= 0.6 is 11.3 Å². The molecular weight excluding hydrogens is 410 g/mol. The zero-order valence-corrected chi connectivity index (χ0v) is 18.4. The number of rotatable bonds is 5. The van der Waals surface area contributed by atoms with E-state index in [1.807, 2.05) is 29.2 Å². The molecule has 6 nitrogen and oxygen atoms in total. The van der Waals surface area contributed by atoms with E-state index in [1.165, 1.54) is 0 Å². The van der Waals surface area contributed by atoms with Crippen molar-refractivity contribution in [1.29, 1.82) is 0 Å². The zero-order valence-electron chi connectivity index (χ0n) is 17.6. The van der Waals surface area contributed by atoms with Gasteiger partial charge < -0.3 is 15.0 Å². The second kappa shape index (κ2) is 9.31. The first kappa shape index (κ1) is 21.1. The van der Waals surface area contributed by atoms with Crippen molar-refractivity contribution in [3.8, 4) is 17.0 Å². The standard InChI is InChI=1S/C24H25N3O3S/c1-25-22(28)16-7-5-8-17(13-16)24(29)27-12-6-9-18(14-27)23-26-20(15-31-23)19-10-3-4-11-21(19)30-2/h3-5,7-8,10-11,13,15,18H,6,9,12,14H2,1-2H3,(H,25,28). The molecule has 1 saturated heterocycles. The van der Waals surface area contributed by atoms with Gasteiger partial charge in [0, 0.05) is 48.1 Å². The molecule has 1 N–H and O–H groups in total. The fourth-order valence-electron chi connectivity index (χ4n) is 3.94. The Labute approximate surface area is 185 Å². The highest BCUT2D eigenvalue weighted by molar-refractivity contribution is 7.10. The first-order valence-electron chi connectivity index (χ1n) is 10.3. The van der Waals surface area contributed by atoms with Crippen LogP contribution in [0.25, 0.3) is 11.3 Å². The van der Waals surface area contributed by atoms with Gasteiger partial charge in [0.15, 0.2) is 0 Å². The Balaban J connectivity index is 1.51. The Morgan fingerprint density at radius 2 is 1.97 bits per heavy atom. The summed E-state index contributed by atoms with van der Waals surface area (Å²) < 4.78 is 5.47. The van der Waals surface area contributed by atoms with Crippen molar-refractivity contribution in [2.24, 2.45) is 0 Å². The van der Waals surface area contributed by atoms with Crippen LogP contribution in [-0.2, 0) is 0 Å². The number of aromatic nitrogens is 1. The maximum atomic E-state index is 13.1. The molecule has 4 rings (SSSR count). The van der Waals surface area contributed by atoms with Gasteiger partial charge in [-0.2, -0.15) is 0 Å². The zero-order chi connectivity index (χ0) is 21.8. The van der Waals surface area contributed by atoms with E-state index in [-0.39, 0.29) is 17.7 Å². The molecule has 0 radical (unpaired) electrons. The lowest BCUT2D eigenvalue weighted by atomic mass is 9.97. The van der Waals surface area contributed by atoms with E-state index < -0.39 is 0 Å². The summed E-state index contributed by atoms with van der Waals surface area (Å²) >= 11 is 1.63. The predicted molar refractivity (Wildman–Crippen MR) is 122 cm³/mol. The predicted octanol–water partition coefficient (Wildman–Crippen LogP) is 4.20. The number of methoxy groups -OCH3 is 1. The number of ether oxygens (including phenoxy) is 1. The molecule has 0 spiro atoms. The van der Waals surface area contributed by atoms with Crippen molar-refractivity contribution in [3.05, 3.63) is 70.0 Å². The summed E-state index contributed by atoms with van der Waals surface area (Å²) in [5, 5.41) is 5.70. The smallest absolute Gasteiger partial charge is 0.253 e. The minimum atomic E-state index is -0.196. The summed E-state index contributed by atoms with van der Waals surface area (Å²) in [7, 11) is 3.25. The number of piperidine rings is 1. The van der Waals surface area contributed by atoms with E-state index in [4.69, 9.17) is 9.72 Å². The van der Waals surface area contributed by atoms with Crippen molar-refractivity contribution in [1.82, 2.24) is 15.2 Å². The minimum absolute atomic E-state index is 0.0445. The van der Waals surface area contributed by atoms with Gasteiger partial charge >= 0.3 is 0 Å². The number of carbonyl (C=O) groups is 2. The van der Waals surface area contributed by atoms with E-state index in [9.17, 15) is 9.59 Å². The van der Waals surface area contributed by atoms with Crippen LogP contribution in [0.1, 0.15) is 44.5 Å². The third-order valence-electron chi connectivity index (χ3n) is 5.56. The number of nitrogens with zero attached hydrogens (tertiary/aromatic N) is 2. The van der Waals surface area contributed by atoms with Crippen molar-refractivity contribution < 1.29 is 14.3 Å². The van der Waals surface area contributed by atoms with Crippen LogP contribution in [0.2, 0.25) is 0 Å². The summed E-state index contributed by atoms with van der Waals surface area (Å²) in [4.78, 5) is 31.8. The largest absolute Gasteiger partial charge is 0.496 e. The number of thiazole rings is 1. The molecule has 2 amide bonds. The molecule has 1 unspecified atom stereocenters. The molecule has 0 bridgehead atoms. The third-order valence-corrected chi connectivity index (χ3v) is 6.57. The lowest BCUT2D eigenvalue weighted by Gasteiger charge is -2.32. The van der Waals surface area contributed by atoms with E-state index in [0.29, 0.717) is 24.2 Å². The van der Waals surface area contributed by atoms with Crippen LogP contribution in [0.3, 0.4) is 0 Å². The van der Waals surface area contributed by atoms with E-state index in [0.717, 1.165) is 34.9 Å². The van der Waals surface area contributed by atoms with Crippen LogP contribution in [-0.4, -0.2) is 48.9 Å². The van der Waals surface area contributed by atoms with E-state index in [1.54, 1.807) is 49.8 Å². The van der Waals surface area contributed by atoms with Crippen molar-refractivity contribution >= 4 is 23.2 Å². The van der Waals surface area contributed by atoms with Gasteiger partial charge in [-0.1, -0.05) is 18.2 Å². The monoisotopic (exact) mass is 435 g/mol. The molecule has 2 heterocycles. The molecule has 7 heteroatoms. The highest BCUT2D eigenvalue weighted by Crippen LogP contribution is 2.35.